The number of hydrogen-bond donors (Lipinski definition) is 1. The topological polar surface area (TPSA) is 61.1 Å². The molecule has 0 aromatic heterocycles. The molecule has 0 saturated carbocycles. The van der Waals surface area contributed by atoms with Gasteiger partial charge in [0, 0.05) is 0 Å². The van der Waals surface area contributed by atoms with E-state index < -0.39 is 11.4 Å². The van der Waals surface area contributed by atoms with E-state index in [1.165, 1.54) is 24.5 Å². The minimum absolute atomic E-state index is 0.591. The molecule has 0 saturated heterocycles. The lowest BCUT2D eigenvalue weighted by Gasteiger charge is -2.21. The molecule has 0 bridgehead atoms. The largest absolute Gasteiger partial charge is 0.480 e. The highest BCUT2D eigenvalue weighted by molar-refractivity contribution is 5.84. The van der Waals surface area contributed by atoms with Gasteiger partial charge in [0.15, 0.2) is 5.41 Å². The van der Waals surface area contributed by atoms with E-state index in [-0.39, 0.29) is 0 Å². The van der Waals surface area contributed by atoms with E-state index in [0.717, 1.165) is 19.3 Å². The number of carboxylic acid groups (broad SMARTS) is 1. The van der Waals surface area contributed by atoms with Crippen molar-refractivity contribution in [1.29, 1.82) is 5.26 Å². The molecule has 0 fully saturated rings. The molecule has 88 valence electrons. The van der Waals surface area contributed by atoms with Crippen molar-refractivity contribution in [2.75, 3.05) is 0 Å². The summed E-state index contributed by atoms with van der Waals surface area (Å²) in [5.74, 6) is -1.09. The molecule has 1 aromatic carbocycles. The van der Waals surface area contributed by atoms with Crippen molar-refractivity contribution in [2.24, 2.45) is 0 Å². The zero-order valence-electron chi connectivity index (χ0n) is 9.86. The maximum atomic E-state index is 11.2. The molecule has 1 aliphatic carbocycles. The third-order valence-corrected chi connectivity index (χ3v) is 3.58. The number of fused-ring (bicyclic) bond motifs is 1. The Hall–Kier alpha value is -1.82. The fourth-order valence-corrected chi connectivity index (χ4v) is 2.28. The van der Waals surface area contributed by atoms with Crippen LogP contribution in [-0.4, -0.2) is 11.1 Å². The van der Waals surface area contributed by atoms with Crippen LogP contribution in [0.2, 0.25) is 0 Å². The van der Waals surface area contributed by atoms with Crippen LogP contribution in [0, 0.1) is 11.3 Å². The van der Waals surface area contributed by atoms with Crippen LogP contribution in [0.25, 0.3) is 0 Å². The van der Waals surface area contributed by atoms with Crippen LogP contribution in [0.4, 0.5) is 0 Å². The average molecular weight is 229 g/mol. The van der Waals surface area contributed by atoms with Crippen LogP contribution < -0.4 is 0 Å². The molecule has 3 nitrogen and oxygen atoms in total. The smallest absolute Gasteiger partial charge is 0.328 e. The number of nitriles is 1. The van der Waals surface area contributed by atoms with Gasteiger partial charge in [0.25, 0.3) is 0 Å². The highest BCUT2D eigenvalue weighted by Crippen LogP contribution is 2.29. The Morgan fingerprint density at radius 1 is 1.35 bits per heavy atom. The van der Waals surface area contributed by atoms with Gasteiger partial charge in [0.1, 0.15) is 0 Å². The fraction of sp³-hybridized carbons (Fsp3) is 0.429. The number of hydrogen-bond acceptors (Lipinski definition) is 2. The van der Waals surface area contributed by atoms with Gasteiger partial charge in [-0.2, -0.15) is 5.26 Å². The number of rotatable bonds is 2. The van der Waals surface area contributed by atoms with Crippen molar-refractivity contribution in [3.63, 3.8) is 0 Å². The number of benzene rings is 1. The molecule has 0 aliphatic heterocycles. The Morgan fingerprint density at radius 2 is 2.00 bits per heavy atom. The molecule has 0 heterocycles. The summed E-state index contributed by atoms with van der Waals surface area (Å²) < 4.78 is 0. The lowest BCUT2D eigenvalue weighted by atomic mass is 9.80. The Kier molecular flexibility index (Phi) is 2.89. The number of carboxylic acids is 1. The lowest BCUT2D eigenvalue weighted by molar-refractivity contribution is -0.141. The fourth-order valence-electron chi connectivity index (χ4n) is 2.28. The number of nitrogens with zero attached hydrogens (tertiary/aromatic N) is 1. The second-order valence-corrected chi connectivity index (χ2v) is 4.73. The minimum atomic E-state index is -1.44. The standard InChI is InChI=1S/C14H15NO2/c1-14(9-15,13(16)17)12-7-6-10-4-2-3-5-11(10)8-12/h6-8H,2-5H2,1H3,(H,16,17). The Balaban J connectivity index is 2.47. The normalized spacial score (nSPS) is 17.6. The van der Waals surface area contributed by atoms with E-state index in [2.05, 4.69) is 0 Å². The van der Waals surface area contributed by atoms with Gasteiger partial charge in [-0.05, 0) is 49.3 Å². The molecule has 1 unspecified atom stereocenters. The van der Waals surface area contributed by atoms with E-state index in [1.807, 2.05) is 18.2 Å². The predicted molar refractivity (Wildman–Crippen MR) is 63.7 cm³/mol. The van der Waals surface area contributed by atoms with Gasteiger partial charge in [-0.15, -0.1) is 0 Å². The number of carbonyl (C=O) groups is 1. The van der Waals surface area contributed by atoms with E-state index in [4.69, 9.17) is 10.4 Å². The van der Waals surface area contributed by atoms with Gasteiger partial charge < -0.3 is 5.11 Å². The van der Waals surface area contributed by atoms with Crippen molar-refractivity contribution in [3.8, 4) is 6.07 Å². The van der Waals surface area contributed by atoms with Crippen molar-refractivity contribution in [2.45, 2.75) is 38.0 Å². The molecule has 1 atom stereocenters. The first-order valence-corrected chi connectivity index (χ1v) is 5.85. The van der Waals surface area contributed by atoms with Gasteiger partial charge in [0.05, 0.1) is 6.07 Å². The van der Waals surface area contributed by atoms with Crippen molar-refractivity contribution >= 4 is 5.97 Å². The van der Waals surface area contributed by atoms with Crippen LogP contribution in [0.5, 0.6) is 0 Å². The van der Waals surface area contributed by atoms with Crippen molar-refractivity contribution in [1.82, 2.24) is 0 Å². The zero-order chi connectivity index (χ0) is 12.5. The number of aliphatic carboxylic acids is 1. The Labute approximate surface area is 101 Å². The summed E-state index contributed by atoms with van der Waals surface area (Å²) in [6.07, 6.45) is 4.39. The molecule has 1 aromatic rings. The molecular formula is C14H15NO2. The third kappa shape index (κ3) is 1.91. The molecule has 17 heavy (non-hydrogen) atoms. The van der Waals surface area contributed by atoms with E-state index >= 15 is 0 Å². The van der Waals surface area contributed by atoms with Crippen LogP contribution in [0.1, 0.15) is 36.5 Å². The highest BCUT2D eigenvalue weighted by atomic mass is 16.4. The summed E-state index contributed by atoms with van der Waals surface area (Å²) in [7, 11) is 0. The van der Waals surface area contributed by atoms with Crippen LogP contribution >= 0.6 is 0 Å². The molecular weight excluding hydrogens is 214 g/mol. The maximum Gasteiger partial charge on any atom is 0.328 e. The second kappa shape index (κ2) is 4.21. The Bertz CT molecular complexity index is 501. The van der Waals surface area contributed by atoms with E-state index in [9.17, 15) is 4.79 Å². The quantitative estimate of drug-likeness (QED) is 0.847. The van der Waals surface area contributed by atoms with E-state index in [1.54, 1.807) is 6.07 Å². The minimum Gasteiger partial charge on any atom is -0.480 e. The lowest BCUT2D eigenvalue weighted by Crippen LogP contribution is -2.30. The van der Waals surface area contributed by atoms with Crippen LogP contribution in [0.3, 0.4) is 0 Å². The number of aryl methyl sites for hydroxylation is 2. The monoisotopic (exact) mass is 229 g/mol. The molecule has 0 amide bonds. The molecule has 3 heteroatoms. The molecule has 1 N–H and O–H groups in total. The Morgan fingerprint density at radius 3 is 2.59 bits per heavy atom. The summed E-state index contributed by atoms with van der Waals surface area (Å²) in [5.41, 5.74) is 1.65. The predicted octanol–water partition coefficient (Wildman–Crippen LogP) is 2.43. The van der Waals surface area contributed by atoms with Crippen molar-refractivity contribution in [3.05, 3.63) is 34.9 Å². The van der Waals surface area contributed by atoms with Gasteiger partial charge in [0.2, 0.25) is 0 Å². The first-order valence-electron chi connectivity index (χ1n) is 5.85. The molecule has 1 aliphatic rings. The van der Waals surface area contributed by atoms with Gasteiger partial charge in [-0.3, -0.25) is 4.79 Å². The second-order valence-electron chi connectivity index (χ2n) is 4.73. The first kappa shape index (κ1) is 11.7. The molecule has 0 radical (unpaired) electrons. The highest BCUT2D eigenvalue weighted by Gasteiger charge is 2.35. The van der Waals surface area contributed by atoms with Gasteiger partial charge in [-0.1, -0.05) is 18.2 Å². The first-order chi connectivity index (χ1) is 8.08. The maximum absolute atomic E-state index is 11.2. The van der Waals surface area contributed by atoms with Gasteiger partial charge in [-0.25, -0.2) is 0 Å². The van der Waals surface area contributed by atoms with Crippen LogP contribution in [-0.2, 0) is 23.1 Å². The SMILES string of the molecule is CC(C#N)(C(=O)O)c1ccc2c(c1)CCCC2. The summed E-state index contributed by atoms with van der Waals surface area (Å²) >= 11 is 0. The van der Waals surface area contributed by atoms with Gasteiger partial charge >= 0.3 is 5.97 Å². The zero-order valence-corrected chi connectivity index (χ0v) is 9.86. The van der Waals surface area contributed by atoms with E-state index in [0.29, 0.717) is 5.56 Å². The summed E-state index contributed by atoms with van der Waals surface area (Å²) in [4.78, 5) is 11.2. The van der Waals surface area contributed by atoms with Crippen LogP contribution in [0.15, 0.2) is 18.2 Å². The summed E-state index contributed by atoms with van der Waals surface area (Å²) in [6, 6.07) is 7.55. The van der Waals surface area contributed by atoms with Crippen molar-refractivity contribution < 1.29 is 9.90 Å². The summed E-state index contributed by atoms with van der Waals surface area (Å²) in [5, 5.41) is 18.2. The molecule has 0 spiro atoms. The average Bonchev–Trinajstić information content (AvgIpc) is 2.37. The molecule has 2 rings (SSSR count). The summed E-state index contributed by atoms with van der Waals surface area (Å²) in [6.45, 7) is 1.46. The third-order valence-electron chi connectivity index (χ3n) is 3.58.